The molecule has 0 aliphatic rings. The summed E-state index contributed by atoms with van der Waals surface area (Å²) in [6.45, 7) is 3.71. The number of nitrogens with two attached hydrogens (primary N) is 1. The van der Waals surface area contributed by atoms with E-state index >= 15 is 0 Å². The highest BCUT2D eigenvalue weighted by molar-refractivity contribution is 5.36. The summed E-state index contributed by atoms with van der Waals surface area (Å²) in [6.07, 6.45) is 2.31. The van der Waals surface area contributed by atoms with Gasteiger partial charge in [0.15, 0.2) is 11.6 Å². The van der Waals surface area contributed by atoms with Crippen molar-refractivity contribution in [2.75, 3.05) is 0 Å². The molecule has 1 heterocycles. The van der Waals surface area contributed by atoms with Crippen molar-refractivity contribution in [3.63, 3.8) is 0 Å². The molecule has 100 valence electrons. The molecule has 0 bridgehead atoms. The van der Waals surface area contributed by atoms with Crippen LogP contribution in [0.3, 0.4) is 0 Å². The van der Waals surface area contributed by atoms with Gasteiger partial charge in [-0.05, 0) is 50.1 Å². The quantitative estimate of drug-likeness (QED) is 0.918. The van der Waals surface area contributed by atoms with E-state index in [0.29, 0.717) is 12.2 Å². The van der Waals surface area contributed by atoms with Crippen molar-refractivity contribution >= 4 is 0 Å². The molecule has 1 aromatic heterocycles. The SMILES string of the molecule is Cc1ncccc1Oc1ccc(CC(C)N)cc1F. The number of pyridine rings is 1. The molecule has 2 aromatic rings. The number of rotatable bonds is 4. The van der Waals surface area contributed by atoms with Gasteiger partial charge in [0.2, 0.25) is 0 Å². The minimum absolute atomic E-state index is 0.00624. The lowest BCUT2D eigenvalue weighted by Gasteiger charge is -2.10. The molecule has 1 atom stereocenters. The van der Waals surface area contributed by atoms with Crippen LogP contribution in [0.4, 0.5) is 4.39 Å². The Balaban J connectivity index is 2.20. The van der Waals surface area contributed by atoms with Crippen molar-refractivity contribution in [1.82, 2.24) is 4.98 Å². The molecule has 2 N–H and O–H groups in total. The smallest absolute Gasteiger partial charge is 0.165 e. The summed E-state index contributed by atoms with van der Waals surface area (Å²) in [7, 11) is 0. The average Bonchev–Trinajstić information content (AvgIpc) is 2.34. The Labute approximate surface area is 112 Å². The van der Waals surface area contributed by atoms with Crippen molar-refractivity contribution in [1.29, 1.82) is 0 Å². The molecule has 3 nitrogen and oxygen atoms in total. The van der Waals surface area contributed by atoms with Gasteiger partial charge in [-0.25, -0.2) is 4.39 Å². The van der Waals surface area contributed by atoms with E-state index in [1.807, 2.05) is 19.9 Å². The zero-order chi connectivity index (χ0) is 13.8. The van der Waals surface area contributed by atoms with E-state index in [1.54, 1.807) is 24.4 Å². The highest BCUT2D eigenvalue weighted by Crippen LogP contribution is 2.26. The van der Waals surface area contributed by atoms with Gasteiger partial charge in [0.25, 0.3) is 0 Å². The Kier molecular flexibility index (Phi) is 4.12. The van der Waals surface area contributed by atoms with Crippen LogP contribution >= 0.6 is 0 Å². The number of nitrogens with zero attached hydrogens (tertiary/aromatic N) is 1. The second-order valence-electron chi connectivity index (χ2n) is 4.64. The Morgan fingerprint density at radius 2 is 2.11 bits per heavy atom. The molecule has 1 aromatic carbocycles. The number of benzene rings is 1. The first-order valence-electron chi connectivity index (χ1n) is 6.19. The monoisotopic (exact) mass is 260 g/mol. The van der Waals surface area contributed by atoms with E-state index in [1.165, 1.54) is 6.07 Å². The topological polar surface area (TPSA) is 48.1 Å². The standard InChI is InChI=1S/C15H17FN2O/c1-10(17)8-12-5-6-15(13(16)9-12)19-14-4-3-7-18-11(14)2/h3-7,9-10H,8,17H2,1-2H3. The largest absolute Gasteiger partial charge is 0.452 e. The summed E-state index contributed by atoms with van der Waals surface area (Å²) in [4.78, 5) is 4.10. The van der Waals surface area contributed by atoms with Crippen LogP contribution in [0.2, 0.25) is 0 Å². The fourth-order valence-electron chi connectivity index (χ4n) is 1.82. The summed E-state index contributed by atoms with van der Waals surface area (Å²) in [5, 5.41) is 0. The minimum Gasteiger partial charge on any atom is -0.452 e. The summed E-state index contributed by atoms with van der Waals surface area (Å²) >= 11 is 0. The lowest BCUT2D eigenvalue weighted by Crippen LogP contribution is -2.17. The molecule has 0 saturated carbocycles. The van der Waals surface area contributed by atoms with Gasteiger partial charge in [0.1, 0.15) is 5.75 Å². The minimum atomic E-state index is -0.388. The highest BCUT2D eigenvalue weighted by Gasteiger charge is 2.08. The molecule has 0 saturated heterocycles. The molecule has 19 heavy (non-hydrogen) atoms. The molecular formula is C15H17FN2O. The first-order valence-corrected chi connectivity index (χ1v) is 6.19. The summed E-state index contributed by atoms with van der Waals surface area (Å²) < 4.78 is 19.5. The maximum Gasteiger partial charge on any atom is 0.165 e. The van der Waals surface area contributed by atoms with E-state index in [2.05, 4.69) is 4.98 Å². The van der Waals surface area contributed by atoms with Crippen LogP contribution in [-0.4, -0.2) is 11.0 Å². The van der Waals surface area contributed by atoms with E-state index in [9.17, 15) is 4.39 Å². The van der Waals surface area contributed by atoms with Gasteiger partial charge in [-0.15, -0.1) is 0 Å². The predicted molar refractivity (Wildman–Crippen MR) is 72.8 cm³/mol. The van der Waals surface area contributed by atoms with Crippen molar-refractivity contribution in [2.45, 2.75) is 26.3 Å². The Hall–Kier alpha value is -1.94. The molecular weight excluding hydrogens is 243 g/mol. The maximum absolute atomic E-state index is 13.9. The molecule has 0 aliphatic carbocycles. The van der Waals surface area contributed by atoms with E-state index in [0.717, 1.165) is 11.3 Å². The number of hydrogen-bond donors (Lipinski definition) is 1. The average molecular weight is 260 g/mol. The molecule has 0 aliphatic heterocycles. The third-order valence-corrected chi connectivity index (χ3v) is 2.73. The number of aromatic nitrogens is 1. The third-order valence-electron chi connectivity index (χ3n) is 2.73. The third kappa shape index (κ3) is 3.51. The number of aryl methyl sites for hydroxylation is 1. The predicted octanol–water partition coefficient (Wildman–Crippen LogP) is 3.21. The van der Waals surface area contributed by atoms with E-state index in [4.69, 9.17) is 10.5 Å². The lowest BCUT2D eigenvalue weighted by atomic mass is 10.1. The van der Waals surface area contributed by atoms with Gasteiger partial charge in [-0.3, -0.25) is 4.98 Å². The van der Waals surface area contributed by atoms with E-state index in [-0.39, 0.29) is 17.6 Å². The van der Waals surface area contributed by atoms with E-state index < -0.39 is 0 Å². The lowest BCUT2D eigenvalue weighted by molar-refractivity contribution is 0.436. The first-order chi connectivity index (χ1) is 9.06. The Bertz CT molecular complexity index is 570. The van der Waals surface area contributed by atoms with Gasteiger partial charge < -0.3 is 10.5 Å². The van der Waals surface area contributed by atoms with Crippen molar-refractivity contribution in [3.05, 3.63) is 53.6 Å². The van der Waals surface area contributed by atoms with Gasteiger partial charge in [-0.1, -0.05) is 6.07 Å². The normalized spacial score (nSPS) is 12.2. The van der Waals surface area contributed by atoms with Crippen LogP contribution in [0.25, 0.3) is 0 Å². The second-order valence-corrected chi connectivity index (χ2v) is 4.64. The van der Waals surface area contributed by atoms with Gasteiger partial charge in [0, 0.05) is 12.2 Å². The van der Waals surface area contributed by atoms with Gasteiger partial charge in [-0.2, -0.15) is 0 Å². The zero-order valence-electron chi connectivity index (χ0n) is 11.1. The van der Waals surface area contributed by atoms with Crippen molar-refractivity contribution in [2.24, 2.45) is 5.73 Å². The van der Waals surface area contributed by atoms with Crippen molar-refractivity contribution in [3.8, 4) is 11.5 Å². The fraction of sp³-hybridized carbons (Fsp3) is 0.267. The van der Waals surface area contributed by atoms with Gasteiger partial charge in [0.05, 0.1) is 5.69 Å². The van der Waals surface area contributed by atoms with Crippen LogP contribution in [0, 0.1) is 12.7 Å². The van der Waals surface area contributed by atoms with Crippen LogP contribution in [-0.2, 0) is 6.42 Å². The van der Waals surface area contributed by atoms with Crippen LogP contribution in [0.15, 0.2) is 36.5 Å². The molecule has 0 radical (unpaired) electrons. The summed E-state index contributed by atoms with van der Waals surface area (Å²) in [5.74, 6) is 0.368. The molecule has 1 unspecified atom stereocenters. The van der Waals surface area contributed by atoms with Crippen LogP contribution < -0.4 is 10.5 Å². The first kappa shape index (κ1) is 13.5. The summed E-state index contributed by atoms with van der Waals surface area (Å²) in [5.41, 5.74) is 7.28. The molecule has 0 amide bonds. The Morgan fingerprint density at radius 1 is 1.32 bits per heavy atom. The maximum atomic E-state index is 13.9. The molecule has 0 spiro atoms. The van der Waals surface area contributed by atoms with Crippen LogP contribution in [0.1, 0.15) is 18.2 Å². The highest BCUT2D eigenvalue weighted by atomic mass is 19.1. The second kappa shape index (κ2) is 5.80. The number of halogens is 1. The molecule has 2 rings (SSSR count). The molecule has 0 fully saturated rings. The van der Waals surface area contributed by atoms with Gasteiger partial charge >= 0.3 is 0 Å². The molecule has 4 heteroatoms. The van der Waals surface area contributed by atoms with Crippen LogP contribution in [0.5, 0.6) is 11.5 Å². The number of hydrogen-bond acceptors (Lipinski definition) is 3. The number of ether oxygens (including phenoxy) is 1. The zero-order valence-corrected chi connectivity index (χ0v) is 11.1. The Morgan fingerprint density at radius 3 is 2.74 bits per heavy atom. The van der Waals surface area contributed by atoms with Crippen molar-refractivity contribution < 1.29 is 9.13 Å². The fourth-order valence-corrected chi connectivity index (χ4v) is 1.82. The summed E-state index contributed by atoms with van der Waals surface area (Å²) in [6, 6.07) is 8.44.